The number of thioether (sulfide) groups is 1. The Bertz CT molecular complexity index is 516. The van der Waals surface area contributed by atoms with Crippen LogP contribution >= 0.6 is 11.8 Å². The third kappa shape index (κ3) is 2.19. The predicted octanol–water partition coefficient (Wildman–Crippen LogP) is 3.10. The monoisotopic (exact) mass is 292 g/mol. The fourth-order valence-electron chi connectivity index (χ4n) is 3.30. The second-order valence-corrected chi connectivity index (χ2v) is 8.63. The maximum atomic E-state index is 6.45. The normalized spacial score (nSPS) is 32.8. The summed E-state index contributed by atoms with van der Waals surface area (Å²) in [5, 5.41) is 10.6. The van der Waals surface area contributed by atoms with Crippen molar-refractivity contribution >= 4 is 11.8 Å². The van der Waals surface area contributed by atoms with Gasteiger partial charge in [0.25, 0.3) is 0 Å². The second kappa shape index (κ2) is 4.47. The van der Waals surface area contributed by atoms with Crippen molar-refractivity contribution in [3.63, 3.8) is 0 Å². The van der Waals surface area contributed by atoms with Gasteiger partial charge in [-0.05, 0) is 43.9 Å². The summed E-state index contributed by atoms with van der Waals surface area (Å²) in [7, 11) is 0. The van der Waals surface area contributed by atoms with E-state index in [4.69, 9.17) is 5.73 Å². The van der Waals surface area contributed by atoms with Gasteiger partial charge in [0.2, 0.25) is 0 Å². The van der Waals surface area contributed by atoms with Gasteiger partial charge in [-0.1, -0.05) is 25.6 Å². The standard InChI is InChI=1S/C15H24N4S/c1-15(2)8-7-11(12(15)16)20-14-18-17-13(9-3-4-9)19(14)10-5-6-10/h9-12H,3-8,16H2,1-2H3. The first-order valence-electron chi connectivity index (χ1n) is 7.93. The zero-order chi connectivity index (χ0) is 13.9. The molecule has 0 bridgehead atoms. The molecule has 3 aliphatic rings. The molecule has 4 rings (SSSR count). The molecule has 0 radical (unpaired) electrons. The summed E-state index contributed by atoms with van der Waals surface area (Å²) in [6.45, 7) is 4.58. The lowest BCUT2D eigenvalue weighted by Crippen LogP contribution is -2.38. The van der Waals surface area contributed by atoms with Gasteiger partial charge in [-0.2, -0.15) is 0 Å². The molecule has 110 valence electrons. The summed E-state index contributed by atoms with van der Waals surface area (Å²) in [6.07, 6.45) is 7.62. The van der Waals surface area contributed by atoms with Crippen molar-refractivity contribution in [3.8, 4) is 0 Å². The van der Waals surface area contributed by atoms with Crippen LogP contribution in [0.5, 0.6) is 0 Å². The fraction of sp³-hybridized carbons (Fsp3) is 0.867. The van der Waals surface area contributed by atoms with E-state index in [-0.39, 0.29) is 11.5 Å². The van der Waals surface area contributed by atoms with Crippen molar-refractivity contribution in [3.05, 3.63) is 5.82 Å². The van der Waals surface area contributed by atoms with Crippen LogP contribution in [0, 0.1) is 5.41 Å². The van der Waals surface area contributed by atoms with Crippen molar-refractivity contribution in [2.24, 2.45) is 11.1 Å². The Morgan fingerprint density at radius 1 is 1.15 bits per heavy atom. The van der Waals surface area contributed by atoms with E-state index in [1.54, 1.807) is 0 Å². The van der Waals surface area contributed by atoms with Crippen LogP contribution in [-0.4, -0.2) is 26.1 Å². The largest absolute Gasteiger partial charge is 0.326 e. The zero-order valence-corrected chi connectivity index (χ0v) is 13.2. The van der Waals surface area contributed by atoms with Gasteiger partial charge >= 0.3 is 0 Å². The van der Waals surface area contributed by atoms with Gasteiger partial charge in [0, 0.05) is 23.3 Å². The van der Waals surface area contributed by atoms with Crippen LogP contribution in [0.25, 0.3) is 0 Å². The summed E-state index contributed by atoms with van der Waals surface area (Å²) in [5.74, 6) is 1.94. The Labute approximate surface area is 124 Å². The Kier molecular flexibility index (Phi) is 2.94. The Morgan fingerprint density at radius 2 is 1.90 bits per heavy atom. The highest BCUT2D eigenvalue weighted by Gasteiger charge is 2.42. The van der Waals surface area contributed by atoms with Crippen LogP contribution in [0.2, 0.25) is 0 Å². The minimum absolute atomic E-state index is 0.265. The average Bonchev–Trinajstić information content (AvgIpc) is 3.31. The zero-order valence-electron chi connectivity index (χ0n) is 12.4. The third-order valence-corrected chi connectivity index (χ3v) is 6.50. The molecule has 0 aliphatic heterocycles. The predicted molar refractivity (Wildman–Crippen MR) is 80.9 cm³/mol. The molecule has 2 unspecified atom stereocenters. The number of hydrogen-bond donors (Lipinski definition) is 1. The van der Waals surface area contributed by atoms with Gasteiger partial charge in [0.1, 0.15) is 5.82 Å². The van der Waals surface area contributed by atoms with Crippen molar-refractivity contribution < 1.29 is 0 Å². The van der Waals surface area contributed by atoms with E-state index in [9.17, 15) is 0 Å². The lowest BCUT2D eigenvalue weighted by atomic mass is 9.88. The maximum absolute atomic E-state index is 6.45. The number of nitrogens with two attached hydrogens (primary N) is 1. The van der Waals surface area contributed by atoms with Crippen LogP contribution in [0.15, 0.2) is 5.16 Å². The van der Waals surface area contributed by atoms with Crippen LogP contribution in [-0.2, 0) is 0 Å². The van der Waals surface area contributed by atoms with Gasteiger partial charge in [0.15, 0.2) is 5.16 Å². The van der Waals surface area contributed by atoms with Gasteiger partial charge in [-0.3, -0.25) is 0 Å². The Hall–Kier alpha value is -0.550. The van der Waals surface area contributed by atoms with Crippen molar-refractivity contribution in [2.45, 2.75) is 80.8 Å². The van der Waals surface area contributed by atoms with Gasteiger partial charge < -0.3 is 10.3 Å². The Morgan fingerprint density at radius 3 is 2.45 bits per heavy atom. The summed E-state index contributed by atoms with van der Waals surface area (Å²) in [4.78, 5) is 0. The molecule has 20 heavy (non-hydrogen) atoms. The summed E-state index contributed by atoms with van der Waals surface area (Å²) < 4.78 is 2.44. The molecule has 1 aromatic rings. The summed E-state index contributed by atoms with van der Waals surface area (Å²) >= 11 is 1.89. The van der Waals surface area contributed by atoms with Crippen molar-refractivity contribution in [2.75, 3.05) is 0 Å². The number of rotatable bonds is 4. The van der Waals surface area contributed by atoms with Crippen LogP contribution in [0.3, 0.4) is 0 Å². The molecule has 0 saturated heterocycles. The van der Waals surface area contributed by atoms with Gasteiger partial charge in [0.05, 0.1) is 0 Å². The first-order chi connectivity index (χ1) is 9.56. The van der Waals surface area contributed by atoms with E-state index in [0.29, 0.717) is 17.2 Å². The maximum Gasteiger partial charge on any atom is 0.191 e. The Balaban J connectivity index is 1.57. The molecular formula is C15H24N4S. The van der Waals surface area contributed by atoms with Crippen molar-refractivity contribution in [1.82, 2.24) is 14.8 Å². The minimum atomic E-state index is 0.265. The molecule has 3 fully saturated rings. The van der Waals surface area contributed by atoms with E-state index in [2.05, 4.69) is 28.6 Å². The molecule has 0 aromatic carbocycles. The highest BCUT2D eigenvalue weighted by Crippen LogP contribution is 2.48. The average molecular weight is 292 g/mol. The van der Waals surface area contributed by atoms with Crippen LogP contribution in [0.4, 0.5) is 0 Å². The van der Waals surface area contributed by atoms with E-state index < -0.39 is 0 Å². The van der Waals surface area contributed by atoms with E-state index in [1.807, 2.05) is 11.8 Å². The lowest BCUT2D eigenvalue weighted by molar-refractivity contribution is 0.334. The van der Waals surface area contributed by atoms with Crippen molar-refractivity contribution in [1.29, 1.82) is 0 Å². The molecule has 3 saturated carbocycles. The molecule has 0 spiro atoms. The first kappa shape index (κ1) is 13.1. The van der Waals surface area contributed by atoms with Gasteiger partial charge in [-0.15, -0.1) is 10.2 Å². The number of hydrogen-bond acceptors (Lipinski definition) is 4. The molecule has 3 aliphatic carbocycles. The molecule has 1 aromatic heterocycles. The molecular weight excluding hydrogens is 268 g/mol. The van der Waals surface area contributed by atoms with Crippen LogP contribution < -0.4 is 5.73 Å². The first-order valence-corrected chi connectivity index (χ1v) is 8.81. The van der Waals surface area contributed by atoms with Crippen LogP contribution in [0.1, 0.15) is 70.2 Å². The molecule has 2 N–H and O–H groups in total. The molecule has 2 atom stereocenters. The topological polar surface area (TPSA) is 56.7 Å². The minimum Gasteiger partial charge on any atom is -0.326 e. The fourth-order valence-corrected chi connectivity index (χ4v) is 4.76. The lowest BCUT2D eigenvalue weighted by Gasteiger charge is -2.26. The number of nitrogens with zero attached hydrogens (tertiary/aromatic N) is 3. The third-order valence-electron chi connectivity index (χ3n) is 5.18. The molecule has 5 heteroatoms. The summed E-state index contributed by atoms with van der Waals surface area (Å²) in [6, 6.07) is 0.940. The molecule has 0 amide bonds. The van der Waals surface area contributed by atoms with Gasteiger partial charge in [-0.25, -0.2) is 0 Å². The quantitative estimate of drug-likeness (QED) is 0.926. The molecule has 1 heterocycles. The smallest absolute Gasteiger partial charge is 0.191 e. The summed E-state index contributed by atoms with van der Waals surface area (Å²) in [5.41, 5.74) is 6.71. The van der Waals surface area contributed by atoms with E-state index in [0.717, 1.165) is 5.16 Å². The molecule has 4 nitrogen and oxygen atoms in total. The highest BCUT2D eigenvalue weighted by atomic mass is 32.2. The SMILES string of the molecule is CC1(C)CCC(Sc2nnc(C3CC3)n2C2CC2)C1N. The van der Waals surface area contributed by atoms with E-state index in [1.165, 1.54) is 44.3 Å². The second-order valence-electron chi connectivity index (χ2n) is 7.43. The number of aromatic nitrogens is 3. The van der Waals surface area contributed by atoms with E-state index >= 15 is 0 Å². The highest BCUT2D eigenvalue weighted by molar-refractivity contribution is 7.99.